The average molecular weight is 422 g/mol. The number of hydrogen-bond donors (Lipinski definition) is 1. The number of anilines is 1. The third-order valence-electron chi connectivity index (χ3n) is 4.19. The summed E-state index contributed by atoms with van der Waals surface area (Å²) in [4.78, 5) is 12.3. The Morgan fingerprint density at radius 2 is 1.87 bits per heavy atom. The number of aromatic nitrogens is 5. The van der Waals surface area contributed by atoms with Gasteiger partial charge in [0.1, 0.15) is 5.75 Å². The van der Waals surface area contributed by atoms with Gasteiger partial charge >= 0.3 is 6.01 Å². The smallest absolute Gasteiger partial charge is 0.322 e. The maximum Gasteiger partial charge on any atom is 0.322 e. The van der Waals surface area contributed by atoms with Gasteiger partial charge in [0, 0.05) is 18.2 Å². The SMILES string of the molecule is COc1cccc(-c2nnc(SCC(=O)Nc3nnc(-c4ccccc4)o3)n2C)c1. The zero-order valence-electron chi connectivity index (χ0n) is 16.3. The Hall–Kier alpha value is -3.66. The number of thioether (sulfide) groups is 1. The van der Waals surface area contributed by atoms with Crippen molar-refractivity contribution in [2.24, 2.45) is 7.05 Å². The lowest BCUT2D eigenvalue weighted by molar-refractivity contribution is -0.113. The van der Waals surface area contributed by atoms with Crippen molar-refractivity contribution in [1.29, 1.82) is 0 Å². The molecule has 0 spiro atoms. The van der Waals surface area contributed by atoms with Gasteiger partial charge in [-0.2, -0.15) is 0 Å². The summed E-state index contributed by atoms with van der Waals surface area (Å²) >= 11 is 1.26. The largest absolute Gasteiger partial charge is 0.497 e. The van der Waals surface area contributed by atoms with Crippen molar-refractivity contribution in [3.05, 3.63) is 54.6 Å². The molecule has 2 heterocycles. The highest BCUT2D eigenvalue weighted by Gasteiger charge is 2.15. The minimum Gasteiger partial charge on any atom is -0.497 e. The van der Waals surface area contributed by atoms with E-state index in [1.54, 1.807) is 7.11 Å². The van der Waals surface area contributed by atoms with Gasteiger partial charge < -0.3 is 13.7 Å². The monoisotopic (exact) mass is 422 g/mol. The van der Waals surface area contributed by atoms with Crippen LogP contribution in [-0.4, -0.2) is 43.7 Å². The van der Waals surface area contributed by atoms with Crippen LogP contribution in [0.2, 0.25) is 0 Å². The van der Waals surface area contributed by atoms with Crippen LogP contribution in [0.1, 0.15) is 0 Å². The van der Waals surface area contributed by atoms with E-state index >= 15 is 0 Å². The molecule has 0 aliphatic carbocycles. The van der Waals surface area contributed by atoms with Crippen LogP contribution in [0.15, 0.2) is 64.2 Å². The number of hydrogen-bond acceptors (Lipinski definition) is 8. The second-order valence-corrected chi connectivity index (χ2v) is 7.15. The first-order chi connectivity index (χ1) is 14.6. The summed E-state index contributed by atoms with van der Waals surface area (Å²) in [5.41, 5.74) is 1.66. The first-order valence-corrected chi connectivity index (χ1v) is 9.98. The van der Waals surface area contributed by atoms with Gasteiger partial charge in [-0.1, -0.05) is 47.2 Å². The minimum absolute atomic E-state index is 0.0505. The summed E-state index contributed by atoms with van der Waals surface area (Å²) in [6, 6.07) is 16.9. The fourth-order valence-corrected chi connectivity index (χ4v) is 3.42. The van der Waals surface area contributed by atoms with Gasteiger partial charge in [0.05, 0.1) is 12.9 Å². The summed E-state index contributed by atoms with van der Waals surface area (Å²) in [7, 11) is 3.46. The molecule has 0 saturated carbocycles. The number of nitrogens with one attached hydrogen (secondary N) is 1. The van der Waals surface area contributed by atoms with Gasteiger partial charge in [0.25, 0.3) is 0 Å². The van der Waals surface area contributed by atoms with Crippen molar-refractivity contribution in [1.82, 2.24) is 25.0 Å². The molecule has 4 aromatic rings. The fraction of sp³-hybridized carbons (Fsp3) is 0.150. The normalized spacial score (nSPS) is 10.7. The van der Waals surface area contributed by atoms with Crippen LogP contribution in [0.4, 0.5) is 6.01 Å². The molecule has 2 aromatic carbocycles. The van der Waals surface area contributed by atoms with Crippen molar-refractivity contribution < 1.29 is 13.9 Å². The lowest BCUT2D eigenvalue weighted by atomic mass is 10.2. The van der Waals surface area contributed by atoms with Gasteiger partial charge in [-0.3, -0.25) is 10.1 Å². The van der Waals surface area contributed by atoms with Crippen LogP contribution in [0.25, 0.3) is 22.8 Å². The van der Waals surface area contributed by atoms with Crippen molar-refractivity contribution >= 4 is 23.7 Å². The predicted molar refractivity (Wildman–Crippen MR) is 112 cm³/mol. The second-order valence-electron chi connectivity index (χ2n) is 6.21. The summed E-state index contributed by atoms with van der Waals surface area (Å²) in [6.07, 6.45) is 0. The van der Waals surface area contributed by atoms with E-state index in [1.165, 1.54) is 11.8 Å². The van der Waals surface area contributed by atoms with Crippen LogP contribution in [0.3, 0.4) is 0 Å². The molecule has 30 heavy (non-hydrogen) atoms. The number of nitrogens with zero attached hydrogens (tertiary/aromatic N) is 5. The van der Waals surface area contributed by atoms with E-state index in [2.05, 4.69) is 25.7 Å². The van der Waals surface area contributed by atoms with Gasteiger partial charge in [0.15, 0.2) is 11.0 Å². The standard InChI is InChI=1S/C20H18N6O3S/c1-26-17(14-9-6-10-15(11-14)28-2)22-25-20(26)30-12-16(27)21-19-24-23-18(29-19)13-7-4-3-5-8-13/h3-11H,12H2,1-2H3,(H,21,24,27). The quantitative estimate of drug-likeness (QED) is 0.452. The number of carbonyl (C=O) groups excluding carboxylic acids is 1. The lowest BCUT2D eigenvalue weighted by Crippen LogP contribution is -2.14. The maximum absolute atomic E-state index is 12.3. The molecule has 0 aliphatic rings. The third kappa shape index (κ3) is 4.33. The zero-order chi connectivity index (χ0) is 20.9. The topological polar surface area (TPSA) is 108 Å². The van der Waals surface area contributed by atoms with E-state index in [9.17, 15) is 4.79 Å². The fourth-order valence-electron chi connectivity index (χ4n) is 2.71. The van der Waals surface area contributed by atoms with Gasteiger partial charge in [-0.05, 0) is 24.3 Å². The molecule has 0 bridgehead atoms. The van der Waals surface area contributed by atoms with Gasteiger partial charge in [0.2, 0.25) is 11.8 Å². The molecule has 0 radical (unpaired) electrons. The zero-order valence-corrected chi connectivity index (χ0v) is 17.1. The van der Waals surface area contributed by atoms with Crippen LogP contribution in [0.5, 0.6) is 5.75 Å². The van der Waals surface area contributed by atoms with E-state index in [0.717, 1.165) is 16.9 Å². The summed E-state index contributed by atoms with van der Waals surface area (Å²) in [6.45, 7) is 0. The second kappa shape index (κ2) is 8.78. The van der Waals surface area contributed by atoms with Gasteiger partial charge in [-0.15, -0.1) is 15.3 Å². The van der Waals surface area contributed by atoms with E-state index < -0.39 is 0 Å². The molecule has 2 aromatic heterocycles. The van der Waals surface area contributed by atoms with Crippen LogP contribution in [0, 0.1) is 0 Å². The Labute approximate surface area is 176 Å². The maximum atomic E-state index is 12.3. The number of rotatable bonds is 7. The highest BCUT2D eigenvalue weighted by Crippen LogP contribution is 2.25. The Kier molecular flexibility index (Phi) is 5.75. The Morgan fingerprint density at radius 1 is 1.07 bits per heavy atom. The summed E-state index contributed by atoms with van der Waals surface area (Å²) < 4.78 is 12.6. The van der Waals surface area contributed by atoms with Crippen molar-refractivity contribution in [2.75, 3.05) is 18.2 Å². The molecule has 0 saturated heterocycles. The van der Waals surface area contributed by atoms with Crippen LogP contribution >= 0.6 is 11.8 Å². The van der Waals surface area contributed by atoms with Crippen LogP contribution in [-0.2, 0) is 11.8 Å². The van der Waals surface area contributed by atoms with E-state index in [-0.39, 0.29) is 17.7 Å². The Balaban J connectivity index is 1.38. The molecular formula is C20H18N6O3S. The number of amides is 1. The molecule has 152 valence electrons. The number of benzene rings is 2. The molecule has 1 amide bonds. The lowest BCUT2D eigenvalue weighted by Gasteiger charge is -2.05. The van der Waals surface area contributed by atoms with E-state index in [1.807, 2.05) is 66.2 Å². The average Bonchev–Trinajstić information content (AvgIpc) is 3.39. The van der Waals surface area contributed by atoms with Crippen molar-refractivity contribution in [3.8, 4) is 28.6 Å². The Bertz CT molecular complexity index is 1160. The highest BCUT2D eigenvalue weighted by molar-refractivity contribution is 7.99. The molecule has 0 aliphatic heterocycles. The predicted octanol–water partition coefficient (Wildman–Crippen LogP) is 3.27. The Morgan fingerprint density at radius 3 is 2.67 bits per heavy atom. The van der Waals surface area contributed by atoms with Crippen molar-refractivity contribution in [3.63, 3.8) is 0 Å². The molecule has 0 unspecified atom stereocenters. The van der Waals surface area contributed by atoms with E-state index in [4.69, 9.17) is 9.15 Å². The molecule has 0 fully saturated rings. The molecule has 9 nitrogen and oxygen atoms in total. The van der Waals surface area contributed by atoms with E-state index in [0.29, 0.717) is 16.9 Å². The summed E-state index contributed by atoms with van der Waals surface area (Å²) in [5.74, 6) is 1.59. The van der Waals surface area contributed by atoms with Crippen LogP contribution < -0.4 is 10.1 Å². The minimum atomic E-state index is -0.283. The first-order valence-electron chi connectivity index (χ1n) is 8.99. The molecular weight excluding hydrogens is 404 g/mol. The van der Waals surface area contributed by atoms with Gasteiger partial charge in [-0.25, -0.2) is 0 Å². The summed E-state index contributed by atoms with van der Waals surface area (Å²) in [5, 5.41) is 19.4. The molecule has 10 heteroatoms. The third-order valence-corrected chi connectivity index (χ3v) is 5.21. The molecule has 0 atom stereocenters. The molecule has 1 N–H and O–H groups in total. The number of methoxy groups -OCH3 is 1. The number of carbonyl (C=O) groups is 1. The van der Waals surface area contributed by atoms with Crippen molar-refractivity contribution in [2.45, 2.75) is 5.16 Å². The number of ether oxygens (including phenoxy) is 1. The first kappa shape index (κ1) is 19.6. The highest BCUT2D eigenvalue weighted by atomic mass is 32.2. The molecule has 4 rings (SSSR count).